The van der Waals surface area contributed by atoms with Crippen LogP contribution in [0.4, 0.5) is 0 Å². The van der Waals surface area contributed by atoms with E-state index in [9.17, 15) is 9.59 Å². The highest BCUT2D eigenvalue weighted by Crippen LogP contribution is 2.31. The van der Waals surface area contributed by atoms with Gasteiger partial charge in [-0.15, -0.1) is 0 Å². The van der Waals surface area contributed by atoms with Crippen LogP contribution in [0.3, 0.4) is 0 Å². The number of hydrogen-bond donors (Lipinski definition) is 2. The number of carbonyl (C=O) groups is 2. The van der Waals surface area contributed by atoms with E-state index in [1.54, 1.807) is 6.08 Å². The fourth-order valence-corrected chi connectivity index (χ4v) is 1.64. The molecule has 0 unspecified atom stereocenters. The molecule has 0 aliphatic heterocycles. The quantitative estimate of drug-likeness (QED) is 0.711. The van der Waals surface area contributed by atoms with E-state index in [-0.39, 0.29) is 12.8 Å². The van der Waals surface area contributed by atoms with Crippen LogP contribution in [0.2, 0.25) is 0 Å². The van der Waals surface area contributed by atoms with Gasteiger partial charge in [-0.05, 0) is 12.8 Å². The van der Waals surface area contributed by atoms with E-state index in [0.717, 1.165) is 0 Å². The Hall–Kier alpha value is -1.03. The van der Waals surface area contributed by atoms with Gasteiger partial charge in [0.05, 0.1) is 11.8 Å². The minimum atomic E-state index is -1.10. The largest absolute Gasteiger partial charge is 0.481 e. The van der Waals surface area contributed by atoms with Crippen LogP contribution in [0.1, 0.15) is 12.8 Å². The van der Waals surface area contributed by atoms with Crippen LogP contribution in [-0.2, 0) is 9.59 Å². The molecule has 1 rings (SSSR count). The molecule has 0 fully saturated rings. The first-order valence-corrected chi connectivity index (χ1v) is 4.20. The van der Waals surface area contributed by atoms with Gasteiger partial charge in [0.15, 0.2) is 0 Å². The number of halogens is 1. The summed E-state index contributed by atoms with van der Waals surface area (Å²) in [6.45, 7) is 0. The molecule has 0 bridgehead atoms. The topological polar surface area (TPSA) is 74.6 Å². The van der Waals surface area contributed by atoms with Crippen molar-refractivity contribution in [1.29, 1.82) is 0 Å². The van der Waals surface area contributed by atoms with Crippen molar-refractivity contribution < 1.29 is 19.8 Å². The number of carboxylic acid groups (broad SMARTS) is 2. The molecule has 0 aromatic carbocycles. The third-order valence-electron chi connectivity index (χ3n) is 2.13. The van der Waals surface area contributed by atoms with Crippen molar-refractivity contribution in [1.82, 2.24) is 0 Å². The standard InChI is InChI=1S/C8H9ClO4/c9-4-1-2-5(7(10)11)6(3-4)8(12)13/h1,5-6H,2-3H2,(H,10,11)(H,12,13)/t5-,6-/m1/s1. The molecule has 0 saturated carbocycles. The molecule has 4 nitrogen and oxygen atoms in total. The maximum Gasteiger partial charge on any atom is 0.307 e. The second kappa shape index (κ2) is 3.79. The Morgan fingerprint density at radius 3 is 2.31 bits per heavy atom. The molecule has 0 saturated heterocycles. The SMILES string of the molecule is O=C(O)[C@@H]1CC=C(Cl)C[C@H]1C(=O)O. The van der Waals surface area contributed by atoms with E-state index >= 15 is 0 Å². The van der Waals surface area contributed by atoms with E-state index in [1.807, 2.05) is 0 Å². The van der Waals surface area contributed by atoms with E-state index < -0.39 is 23.8 Å². The van der Waals surface area contributed by atoms with Gasteiger partial charge in [-0.1, -0.05) is 17.7 Å². The van der Waals surface area contributed by atoms with Gasteiger partial charge in [-0.2, -0.15) is 0 Å². The van der Waals surface area contributed by atoms with E-state index in [1.165, 1.54) is 0 Å². The summed E-state index contributed by atoms with van der Waals surface area (Å²) in [6, 6.07) is 0. The minimum Gasteiger partial charge on any atom is -0.481 e. The van der Waals surface area contributed by atoms with Gasteiger partial charge in [0.2, 0.25) is 0 Å². The van der Waals surface area contributed by atoms with Crippen molar-refractivity contribution >= 4 is 23.5 Å². The molecule has 1 aliphatic carbocycles. The normalized spacial score (nSPS) is 27.9. The molecule has 13 heavy (non-hydrogen) atoms. The number of allylic oxidation sites excluding steroid dienone is 2. The Labute approximate surface area is 79.8 Å². The Morgan fingerprint density at radius 1 is 1.31 bits per heavy atom. The third kappa shape index (κ3) is 2.21. The molecule has 5 heteroatoms. The van der Waals surface area contributed by atoms with Crippen molar-refractivity contribution in [3.63, 3.8) is 0 Å². The van der Waals surface area contributed by atoms with Gasteiger partial charge in [-0.3, -0.25) is 9.59 Å². The Kier molecular flexibility index (Phi) is 2.93. The first-order chi connectivity index (χ1) is 6.02. The van der Waals surface area contributed by atoms with Crippen LogP contribution < -0.4 is 0 Å². The number of hydrogen-bond acceptors (Lipinski definition) is 2. The van der Waals surface area contributed by atoms with Crippen molar-refractivity contribution in [3.8, 4) is 0 Å². The predicted molar refractivity (Wildman–Crippen MR) is 45.4 cm³/mol. The summed E-state index contributed by atoms with van der Waals surface area (Å²) >= 11 is 5.63. The summed E-state index contributed by atoms with van der Waals surface area (Å²) in [6.07, 6.45) is 1.89. The summed E-state index contributed by atoms with van der Waals surface area (Å²) in [5, 5.41) is 17.9. The summed E-state index contributed by atoms with van der Waals surface area (Å²) in [4.78, 5) is 21.3. The first kappa shape index (κ1) is 10.1. The second-order valence-electron chi connectivity index (χ2n) is 2.98. The Balaban J connectivity index is 2.83. The zero-order valence-corrected chi connectivity index (χ0v) is 7.49. The lowest BCUT2D eigenvalue weighted by Crippen LogP contribution is -2.31. The lowest BCUT2D eigenvalue weighted by Gasteiger charge is -2.22. The van der Waals surface area contributed by atoms with Crippen LogP contribution in [-0.4, -0.2) is 22.2 Å². The molecular weight excluding hydrogens is 196 g/mol. The van der Waals surface area contributed by atoms with Crippen molar-refractivity contribution in [2.45, 2.75) is 12.8 Å². The van der Waals surface area contributed by atoms with Crippen LogP contribution in [0, 0.1) is 11.8 Å². The van der Waals surface area contributed by atoms with Crippen molar-refractivity contribution in [2.75, 3.05) is 0 Å². The number of aliphatic carboxylic acids is 2. The molecule has 0 spiro atoms. The zero-order chi connectivity index (χ0) is 10.0. The van der Waals surface area contributed by atoms with Crippen LogP contribution >= 0.6 is 11.6 Å². The number of carboxylic acids is 2. The molecule has 2 N–H and O–H groups in total. The summed E-state index contributed by atoms with van der Waals surface area (Å²) < 4.78 is 0. The van der Waals surface area contributed by atoms with Gasteiger partial charge < -0.3 is 10.2 Å². The van der Waals surface area contributed by atoms with Crippen molar-refractivity contribution in [2.24, 2.45) is 11.8 Å². The molecule has 0 radical (unpaired) electrons. The Morgan fingerprint density at radius 2 is 1.85 bits per heavy atom. The van der Waals surface area contributed by atoms with Crippen LogP contribution in [0.5, 0.6) is 0 Å². The van der Waals surface area contributed by atoms with Crippen LogP contribution in [0.25, 0.3) is 0 Å². The molecule has 0 heterocycles. The lowest BCUT2D eigenvalue weighted by molar-refractivity contribution is -0.153. The maximum atomic E-state index is 10.7. The summed E-state index contributed by atoms with van der Waals surface area (Å²) in [5.41, 5.74) is 0. The molecule has 1 aliphatic rings. The fraction of sp³-hybridized carbons (Fsp3) is 0.500. The van der Waals surface area contributed by atoms with Gasteiger partial charge in [0.25, 0.3) is 0 Å². The average Bonchev–Trinajstić information content (AvgIpc) is 2.03. The van der Waals surface area contributed by atoms with Gasteiger partial charge >= 0.3 is 11.9 Å². The van der Waals surface area contributed by atoms with Crippen LogP contribution in [0.15, 0.2) is 11.1 Å². The highest BCUT2D eigenvalue weighted by molar-refractivity contribution is 6.29. The molecule has 0 amide bonds. The average molecular weight is 205 g/mol. The van der Waals surface area contributed by atoms with Crippen molar-refractivity contribution in [3.05, 3.63) is 11.1 Å². The fourth-order valence-electron chi connectivity index (χ4n) is 1.39. The zero-order valence-electron chi connectivity index (χ0n) is 6.74. The van der Waals surface area contributed by atoms with E-state index in [4.69, 9.17) is 21.8 Å². The maximum absolute atomic E-state index is 10.7. The first-order valence-electron chi connectivity index (χ1n) is 3.82. The monoisotopic (exact) mass is 204 g/mol. The predicted octanol–water partition coefficient (Wildman–Crippen LogP) is 1.30. The molecule has 72 valence electrons. The third-order valence-corrected chi connectivity index (χ3v) is 2.44. The summed E-state index contributed by atoms with van der Waals surface area (Å²) in [5.74, 6) is -3.92. The second-order valence-corrected chi connectivity index (χ2v) is 3.47. The highest BCUT2D eigenvalue weighted by atomic mass is 35.5. The van der Waals surface area contributed by atoms with E-state index in [0.29, 0.717) is 5.03 Å². The number of rotatable bonds is 2. The highest BCUT2D eigenvalue weighted by Gasteiger charge is 2.35. The smallest absolute Gasteiger partial charge is 0.307 e. The van der Waals surface area contributed by atoms with E-state index in [2.05, 4.69) is 0 Å². The van der Waals surface area contributed by atoms with Gasteiger partial charge in [-0.25, -0.2) is 0 Å². The van der Waals surface area contributed by atoms with Gasteiger partial charge in [0, 0.05) is 5.03 Å². The lowest BCUT2D eigenvalue weighted by atomic mass is 9.83. The molecule has 0 aromatic rings. The molecular formula is C8H9ClO4. The molecule has 0 aromatic heterocycles. The van der Waals surface area contributed by atoms with Gasteiger partial charge in [0.1, 0.15) is 0 Å². The summed E-state index contributed by atoms with van der Waals surface area (Å²) in [7, 11) is 0. The Bertz CT molecular complexity index is 271. The minimum absolute atomic E-state index is 0.119. The molecule has 2 atom stereocenters.